The fourth-order valence-corrected chi connectivity index (χ4v) is 4.96. The van der Waals surface area contributed by atoms with Crippen LogP contribution in [0.1, 0.15) is 56.6 Å². The molecule has 7 nitrogen and oxygen atoms in total. The van der Waals surface area contributed by atoms with Gasteiger partial charge in [-0.15, -0.1) is 0 Å². The van der Waals surface area contributed by atoms with E-state index in [0.717, 1.165) is 29.9 Å². The quantitative estimate of drug-likeness (QED) is 0.313. The van der Waals surface area contributed by atoms with Crippen LogP contribution in [0, 0.1) is 21.4 Å². The van der Waals surface area contributed by atoms with E-state index in [1.165, 1.54) is 18.2 Å². The fourth-order valence-electron chi connectivity index (χ4n) is 4.47. The molecule has 1 aliphatic heterocycles. The summed E-state index contributed by atoms with van der Waals surface area (Å²) in [6.45, 7) is 5.55. The number of benzene rings is 1. The molecule has 0 unspecified atom stereocenters. The van der Waals surface area contributed by atoms with Gasteiger partial charge in [-0.3, -0.25) is 19.8 Å². The van der Waals surface area contributed by atoms with Crippen molar-refractivity contribution in [1.82, 2.24) is 4.90 Å². The number of carbonyl (C=O) groups excluding carboxylic acids is 1. The number of anilines is 1. The Bertz CT molecular complexity index is 1100. The summed E-state index contributed by atoms with van der Waals surface area (Å²) in [4.78, 5) is 26.8. The van der Waals surface area contributed by atoms with Crippen molar-refractivity contribution in [3.63, 3.8) is 0 Å². The van der Waals surface area contributed by atoms with Crippen molar-refractivity contribution in [2.24, 2.45) is 0 Å². The van der Waals surface area contributed by atoms with E-state index >= 15 is 0 Å². The van der Waals surface area contributed by atoms with Crippen LogP contribution < -0.4 is 4.90 Å². The lowest BCUT2D eigenvalue weighted by Gasteiger charge is -2.34. The molecule has 2 aliphatic rings. The molecule has 11 heteroatoms. The van der Waals surface area contributed by atoms with Crippen LogP contribution in [0.4, 0.5) is 18.9 Å². The van der Waals surface area contributed by atoms with Crippen LogP contribution in [0.5, 0.6) is 0 Å². The summed E-state index contributed by atoms with van der Waals surface area (Å²) in [5, 5.41) is 20.2. The van der Waals surface area contributed by atoms with Crippen molar-refractivity contribution >= 4 is 28.9 Å². The summed E-state index contributed by atoms with van der Waals surface area (Å²) in [7, 11) is 0. The van der Waals surface area contributed by atoms with Crippen molar-refractivity contribution in [2.75, 3.05) is 4.90 Å². The van der Waals surface area contributed by atoms with Gasteiger partial charge >= 0.3 is 6.18 Å². The Kier molecular flexibility index (Phi) is 6.61. The zero-order valence-corrected chi connectivity index (χ0v) is 18.6. The van der Waals surface area contributed by atoms with E-state index in [1.807, 2.05) is 0 Å². The van der Waals surface area contributed by atoms with Gasteiger partial charge in [-0.1, -0.05) is 19.4 Å². The number of hydrogen-bond donors (Lipinski definition) is 0. The van der Waals surface area contributed by atoms with Crippen LogP contribution >= 0.6 is 12.2 Å². The Balaban J connectivity index is 2.01. The van der Waals surface area contributed by atoms with Gasteiger partial charge in [0.25, 0.3) is 5.91 Å². The summed E-state index contributed by atoms with van der Waals surface area (Å²) >= 11 is 5.54. The molecule has 1 aliphatic carbocycles. The fraction of sp³-hybridized carbons (Fsp3) is 0.409. The first kappa shape index (κ1) is 24.4. The summed E-state index contributed by atoms with van der Waals surface area (Å²) in [5.41, 5.74) is -2.49. The van der Waals surface area contributed by atoms with Gasteiger partial charge in [-0.2, -0.15) is 18.4 Å². The lowest BCUT2D eigenvalue weighted by molar-refractivity contribution is -0.428. The highest BCUT2D eigenvalue weighted by Crippen LogP contribution is 2.46. The molecular formula is C22H21F3N4O3S. The van der Waals surface area contributed by atoms with E-state index in [-0.39, 0.29) is 29.3 Å². The van der Waals surface area contributed by atoms with Crippen LogP contribution in [0.15, 0.2) is 42.2 Å². The van der Waals surface area contributed by atoms with E-state index in [4.69, 9.17) is 17.5 Å². The average Bonchev–Trinajstić information content (AvgIpc) is 3.31. The minimum Gasteiger partial charge on any atom is -0.307 e. The predicted molar refractivity (Wildman–Crippen MR) is 118 cm³/mol. The van der Waals surface area contributed by atoms with Gasteiger partial charge in [0, 0.05) is 12.1 Å². The van der Waals surface area contributed by atoms with E-state index in [1.54, 1.807) is 11.8 Å². The molecule has 1 aromatic rings. The second-order valence-electron chi connectivity index (χ2n) is 7.94. The van der Waals surface area contributed by atoms with Crippen LogP contribution in [0.25, 0.3) is 0 Å². The molecule has 3 rings (SSSR count). The highest BCUT2D eigenvalue weighted by atomic mass is 32.1. The molecule has 1 saturated carbocycles. The van der Waals surface area contributed by atoms with Gasteiger partial charge in [0.15, 0.2) is 5.11 Å². The molecule has 1 spiro atoms. The molecule has 0 bridgehead atoms. The smallest absolute Gasteiger partial charge is 0.307 e. The Morgan fingerprint density at radius 1 is 1.36 bits per heavy atom. The van der Waals surface area contributed by atoms with Crippen molar-refractivity contribution < 1.29 is 22.9 Å². The number of hydrogen-bond acceptors (Lipinski definition) is 5. The second kappa shape index (κ2) is 8.94. The number of nitriles is 1. The number of thiocarbonyl (C=S) groups is 1. The maximum absolute atomic E-state index is 13.6. The zero-order valence-electron chi connectivity index (χ0n) is 17.8. The summed E-state index contributed by atoms with van der Waals surface area (Å²) in [6.07, 6.45) is -0.847. The number of allylic oxidation sites excluding steroid dienone is 3. The maximum atomic E-state index is 13.6. The van der Waals surface area contributed by atoms with Crippen molar-refractivity contribution in [3.8, 4) is 6.07 Å². The zero-order chi connectivity index (χ0) is 24.6. The molecule has 1 amide bonds. The topological polar surface area (TPSA) is 90.5 Å². The summed E-state index contributed by atoms with van der Waals surface area (Å²) in [6, 6.07) is 4.55. The van der Waals surface area contributed by atoms with Crippen LogP contribution in [0.2, 0.25) is 0 Å². The Morgan fingerprint density at radius 3 is 2.52 bits per heavy atom. The lowest BCUT2D eigenvalue weighted by atomic mass is 9.94. The molecule has 0 aromatic heterocycles. The normalized spacial score (nSPS) is 18.2. The van der Waals surface area contributed by atoms with E-state index in [0.29, 0.717) is 18.5 Å². The number of alkyl halides is 3. The third-order valence-electron chi connectivity index (χ3n) is 6.08. The predicted octanol–water partition coefficient (Wildman–Crippen LogP) is 5.30. The SMILES string of the molecule is C=C(CC/C(=C\C)[N+](=O)[O-])N1C(=S)N(c2ccc(C#N)c(C(F)(F)F)c2)C(=O)C12CCCC2. The number of amides is 1. The average molecular weight is 478 g/mol. The van der Waals surface area contributed by atoms with Crippen molar-refractivity contribution in [1.29, 1.82) is 5.26 Å². The second-order valence-corrected chi connectivity index (χ2v) is 8.31. The minimum atomic E-state index is -4.79. The minimum absolute atomic E-state index is 0.00756. The molecule has 1 aromatic carbocycles. The van der Waals surface area contributed by atoms with Gasteiger partial charge in [-0.05, 0) is 62.7 Å². The third kappa shape index (κ3) is 4.23. The number of carbonyl (C=O) groups is 1. The number of halogens is 3. The van der Waals surface area contributed by atoms with Gasteiger partial charge < -0.3 is 4.90 Å². The first-order valence-electron chi connectivity index (χ1n) is 10.3. The molecular weight excluding hydrogens is 457 g/mol. The summed E-state index contributed by atoms with van der Waals surface area (Å²) < 4.78 is 40.5. The molecule has 0 atom stereocenters. The standard InChI is InChI=1S/C22H21F3N4O3S/c1-3-16(29(31)32)8-6-14(2)28-20(33)27(19(30)21(28)10-4-5-11-21)17-9-7-15(13-26)18(12-17)22(23,24)25/h3,7,9,12H,2,4-6,8,10-11H2,1H3/b16-3+. The number of rotatable bonds is 6. The third-order valence-corrected chi connectivity index (χ3v) is 6.45. The van der Waals surface area contributed by atoms with Gasteiger partial charge in [0.1, 0.15) is 5.54 Å². The van der Waals surface area contributed by atoms with Crippen LogP contribution in [-0.2, 0) is 11.0 Å². The van der Waals surface area contributed by atoms with Crippen LogP contribution in [-0.4, -0.2) is 26.4 Å². The maximum Gasteiger partial charge on any atom is 0.417 e. The van der Waals surface area contributed by atoms with Crippen molar-refractivity contribution in [2.45, 2.75) is 57.2 Å². The molecule has 174 valence electrons. The highest BCUT2D eigenvalue weighted by molar-refractivity contribution is 7.80. The molecule has 1 saturated heterocycles. The van der Waals surface area contributed by atoms with E-state index < -0.39 is 33.7 Å². The van der Waals surface area contributed by atoms with Gasteiger partial charge in [0.05, 0.1) is 27.8 Å². The van der Waals surface area contributed by atoms with Crippen molar-refractivity contribution in [3.05, 3.63) is 63.5 Å². The largest absolute Gasteiger partial charge is 0.417 e. The van der Waals surface area contributed by atoms with Crippen LogP contribution in [0.3, 0.4) is 0 Å². The summed E-state index contributed by atoms with van der Waals surface area (Å²) in [5.74, 6) is -0.454. The molecule has 2 fully saturated rings. The van der Waals surface area contributed by atoms with Gasteiger partial charge in [0.2, 0.25) is 5.70 Å². The Labute approximate surface area is 193 Å². The van der Waals surface area contributed by atoms with E-state index in [2.05, 4.69) is 6.58 Å². The van der Waals surface area contributed by atoms with E-state index in [9.17, 15) is 28.1 Å². The lowest BCUT2D eigenvalue weighted by Crippen LogP contribution is -2.46. The molecule has 0 N–H and O–H groups in total. The first-order valence-corrected chi connectivity index (χ1v) is 10.7. The molecule has 1 heterocycles. The van der Waals surface area contributed by atoms with Gasteiger partial charge in [-0.25, -0.2) is 0 Å². The number of nitrogens with zero attached hydrogens (tertiary/aromatic N) is 4. The Hall–Kier alpha value is -3.26. The first-order chi connectivity index (χ1) is 15.5. The Morgan fingerprint density at radius 2 is 2.00 bits per heavy atom. The highest BCUT2D eigenvalue weighted by Gasteiger charge is 2.57. The number of nitro groups is 1. The monoisotopic (exact) mass is 478 g/mol. The molecule has 0 radical (unpaired) electrons. The molecule has 33 heavy (non-hydrogen) atoms.